The molecule has 3 aromatic carbocycles. The molecule has 9 atom stereocenters. The average Bonchev–Trinajstić information content (AvgIpc) is 1.51. The zero-order valence-corrected chi connectivity index (χ0v) is 57.5. The van der Waals surface area contributed by atoms with Gasteiger partial charge in [0.25, 0.3) is 23.5 Å². The number of Topliss-reactive ketones (excluding diaryl/α,β-unsaturated/α-hetero) is 1. The molecule has 0 unspecified atom stereocenters. The lowest BCUT2D eigenvalue weighted by Crippen LogP contribution is -2.54. The minimum Gasteiger partial charge on any atom is -0.507 e. The highest BCUT2D eigenvalue weighted by Crippen LogP contribution is 2.51. The fourth-order valence-corrected chi connectivity index (χ4v) is 13.2. The number of ether oxygens (including phenoxy) is 5. The van der Waals surface area contributed by atoms with Crippen LogP contribution in [0.25, 0.3) is 10.8 Å². The molecular weight excluding hydrogens is 1260 g/mol. The normalized spacial score (nSPS) is 24.1. The van der Waals surface area contributed by atoms with E-state index >= 15 is 4.79 Å². The number of likely N-dealkylation sites (tertiary alicyclic amines) is 1. The van der Waals surface area contributed by atoms with Crippen molar-refractivity contribution in [3.63, 3.8) is 0 Å². The standard InChI is InChI=1S/C71H92N10O17/c1-38(2)56(76-50(83)20-13-12-14-31-81-51(84)25-26-52(81)85)67(91)75-48(19-16-30-73-68(72)92)66(90)74-47-23-21-46(22-24-47)37-95-69(93)80-32-28-71(29-33-80)78-57-53-54-60(86)44(8)63-55(53)64(88)70(10,98-63)96-34-27-49(94-11)43(7)62(97-45(9)82)42(6)36-40(4)35-39(3)17-15-18-41(5)65(89)77-59(61(54)87)58(57)79-71/h15,17-18,21-27,34,38-40,42-43,48-49,56,62,78,86-87H,12-14,16,19-20,28-33,35-37H2,1-11H3,(H,74,90)(H,75,91)(H,76,83)(H3,72,73,92)/b17-15+,34-27+,41-18-,77-59?/t39-,40+,42+,43+,48-,49-,56-,62-,70-/m0/s1. The third-order valence-electron chi connectivity index (χ3n) is 18.6. The molecule has 0 aliphatic carbocycles. The van der Waals surface area contributed by atoms with Gasteiger partial charge in [-0.2, -0.15) is 0 Å². The Morgan fingerprint density at radius 1 is 0.867 bits per heavy atom. The number of benzene rings is 3. The van der Waals surface area contributed by atoms with E-state index in [1.807, 2.05) is 19.9 Å². The largest absolute Gasteiger partial charge is 0.507 e. The number of phenolic OH excluding ortho intramolecular Hbond substituents is 2. The summed E-state index contributed by atoms with van der Waals surface area (Å²) in [7, 11) is 1.52. The number of carbonyl (C=O) groups is 10. The van der Waals surface area contributed by atoms with E-state index < -0.39 is 94.7 Å². The summed E-state index contributed by atoms with van der Waals surface area (Å²) in [6, 6.07) is 3.60. The minimum atomic E-state index is -2.02. The Labute approximate surface area is 569 Å². The van der Waals surface area contributed by atoms with E-state index in [4.69, 9.17) is 34.4 Å². The minimum absolute atomic E-state index is 0.0227. The molecule has 5 aliphatic heterocycles. The number of urea groups is 1. The van der Waals surface area contributed by atoms with Gasteiger partial charge >= 0.3 is 23.9 Å². The van der Waals surface area contributed by atoms with Gasteiger partial charge in [0.05, 0.1) is 29.0 Å². The van der Waals surface area contributed by atoms with Crippen molar-refractivity contribution in [3.8, 4) is 17.2 Å². The number of ketones is 1. The van der Waals surface area contributed by atoms with Gasteiger partial charge in [0.1, 0.15) is 52.7 Å². The maximum absolute atomic E-state index is 15.0. The van der Waals surface area contributed by atoms with Crippen molar-refractivity contribution in [2.24, 2.45) is 45.3 Å². The molecule has 9 N–H and O–H groups in total. The molecule has 1 spiro atoms. The molecule has 5 heterocycles. The van der Waals surface area contributed by atoms with E-state index in [1.165, 1.54) is 51.2 Å². The number of primary amides is 1. The summed E-state index contributed by atoms with van der Waals surface area (Å²) >= 11 is 0. The monoisotopic (exact) mass is 1360 g/mol. The lowest BCUT2D eigenvalue weighted by atomic mass is 9.82. The first-order valence-corrected chi connectivity index (χ1v) is 33.4. The average molecular weight is 1360 g/mol. The number of nitrogens with one attached hydrogen (secondary N) is 5. The van der Waals surface area contributed by atoms with Crippen LogP contribution in [0.5, 0.6) is 17.2 Å². The van der Waals surface area contributed by atoms with Crippen LogP contribution in [0.4, 0.5) is 21.0 Å². The Balaban J connectivity index is 0.964. The zero-order valence-electron chi connectivity index (χ0n) is 57.5. The molecule has 528 valence electrons. The van der Waals surface area contributed by atoms with Gasteiger partial charge in [-0.1, -0.05) is 78.3 Å². The second kappa shape index (κ2) is 32.1. The van der Waals surface area contributed by atoms with Gasteiger partial charge in [-0.3, -0.25) is 48.2 Å². The van der Waals surface area contributed by atoms with Gasteiger partial charge in [-0.05, 0) is 99.8 Å². The first-order valence-electron chi connectivity index (χ1n) is 33.4. The molecule has 98 heavy (non-hydrogen) atoms. The number of esters is 1. The van der Waals surface area contributed by atoms with Crippen molar-refractivity contribution in [1.82, 2.24) is 25.8 Å². The van der Waals surface area contributed by atoms with Gasteiger partial charge in [-0.15, -0.1) is 0 Å². The number of carbonyl (C=O) groups excluding carboxylic acids is 10. The number of unbranched alkanes of at least 4 members (excludes halogenated alkanes) is 2. The molecule has 1 saturated heterocycles. The maximum Gasteiger partial charge on any atom is 0.410 e. The highest BCUT2D eigenvalue weighted by atomic mass is 16.7. The van der Waals surface area contributed by atoms with E-state index in [0.717, 1.165) is 17.7 Å². The van der Waals surface area contributed by atoms with Crippen molar-refractivity contribution in [1.29, 1.82) is 0 Å². The second-order valence-corrected chi connectivity index (χ2v) is 26.7. The number of piperidine rings is 1. The molecule has 5 aliphatic rings. The highest BCUT2D eigenvalue weighted by Gasteiger charge is 2.51. The lowest BCUT2D eigenvalue weighted by molar-refractivity contribution is -0.155. The van der Waals surface area contributed by atoms with Gasteiger partial charge in [0.15, 0.2) is 5.75 Å². The van der Waals surface area contributed by atoms with Crippen LogP contribution in [0.15, 0.2) is 82.5 Å². The number of rotatable bonds is 20. The summed E-state index contributed by atoms with van der Waals surface area (Å²) in [6.07, 6.45) is 12.6. The summed E-state index contributed by atoms with van der Waals surface area (Å²) in [5.41, 5.74) is 5.42. The number of phenols is 2. The first kappa shape index (κ1) is 74.1. The van der Waals surface area contributed by atoms with E-state index in [2.05, 4.69) is 45.4 Å². The number of hydrogen-bond acceptors (Lipinski definition) is 19. The fourth-order valence-electron chi connectivity index (χ4n) is 13.2. The van der Waals surface area contributed by atoms with Crippen LogP contribution < -0.4 is 47.8 Å². The van der Waals surface area contributed by atoms with Gasteiger partial charge in [-0.25, -0.2) is 14.6 Å². The Hall–Kier alpha value is -9.66. The third-order valence-corrected chi connectivity index (χ3v) is 18.6. The molecule has 0 radical (unpaired) electrons. The van der Waals surface area contributed by atoms with E-state index in [-0.39, 0.29) is 156 Å². The Morgan fingerprint density at radius 2 is 1.56 bits per heavy atom. The number of allylic oxidation sites excluding steroid dienone is 3. The molecule has 0 saturated carbocycles. The quantitative estimate of drug-likeness (QED) is 0.0244. The molecule has 0 aromatic heterocycles. The van der Waals surface area contributed by atoms with Crippen molar-refractivity contribution in [2.45, 2.75) is 176 Å². The molecule has 4 bridgehead atoms. The van der Waals surface area contributed by atoms with Crippen LogP contribution in [0.2, 0.25) is 0 Å². The van der Waals surface area contributed by atoms with Crippen LogP contribution >= 0.6 is 0 Å². The number of amides is 9. The summed E-state index contributed by atoms with van der Waals surface area (Å²) in [5, 5.41) is 38.3. The molecular formula is C71H92N10O17. The number of anilines is 2. The number of nitrogens with zero attached hydrogens (tertiary/aromatic N) is 4. The predicted octanol–water partition coefficient (Wildman–Crippen LogP) is 6.99. The van der Waals surface area contributed by atoms with Crippen LogP contribution in [-0.4, -0.2) is 148 Å². The predicted molar refractivity (Wildman–Crippen MR) is 360 cm³/mol. The van der Waals surface area contributed by atoms with E-state index in [9.17, 15) is 53.4 Å². The number of aromatic hydroxyl groups is 2. The van der Waals surface area contributed by atoms with Gasteiger partial charge < -0.3 is 71.1 Å². The maximum atomic E-state index is 15.0. The van der Waals surface area contributed by atoms with E-state index in [0.29, 0.717) is 30.5 Å². The number of nitrogens with two attached hydrogens (primary N) is 1. The first-order chi connectivity index (χ1) is 46.4. The van der Waals surface area contributed by atoms with Crippen molar-refractivity contribution in [3.05, 3.63) is 100.0 Å². The van der Waals surface area contributed by atoms with Crippen LogP contribution in [0, 0.1) is 36.5 Å². The Kier molecular flexibility index (Phi) is 24.3. The van der Waals surface area contributed by atoms with Crippen molar-refractivity contribution in [2.75, 3.05) is 43.9 Å². The zero-order chi connectivity index (χ0) is 71.5. The SMILES string of the molecule is CO[C@H]1/C=C/O[C@@]2(C)Oc3c(C)c(O)c4c(O)c(c5c(c4c3C2=O)NC2(CCN(C(=O)OCc3ccc(NC(=O)[C@H](CCCNC(N)=O)NC(=O)[C@@H](NC(=O)CCCCCN4C(=O)C=CC4=O)C(C)C)cc3)CC2)N=5)=NC(=O)/C(C)=C\C=C\[C@H](C)C[C@@H](C)C[C@@H](C)[C@H](OC(C)=O)[C@@H]1C. The molecule has 27 nitrogen and oxygen atoms in total. The fraction of sp³-hybridized carbons (Fsp3) is 0.521. The molecule has 8 rings (SSSR count). The third kappa shape index (κ3) is 17.5. The molecule has 1 fully saturated rings. The lowest BCUT2D eigenvalue weighted by Gasteiger charge is -2.37. The summed E-state index contributed by atoms with van der Waals surface area (Å²) in [4.78, 5) is 144. The molecule has 3 aromatic rings. The number of hydrogen-bond donors (Lipinski definition) is 8. The van der Waals surface area contributed by atoms with Crippen molar-refractivity contribution < 1.29 is 81.8 Å². The highest BCUT2D eigenvalue weighted by molar-refractivity contribution is 6.22. The van der Waals surface area contributed by atoms with Crippen LogP contribution in [0.3, 0.4) is 0 Å². The Morgan fingerprint density at radius 3 is 2.21 bits per heavy atom. The Bertz CT molecular complexity index is 3840. The number of imide groups is 1. The van der Waals surface area contributed by atoms with Crippen LogP contribution in [0.1, 0.15) is 148 Å². The number of fused-ring (bicyclic) bond motifs is 1. The van der Waals surface area contributed by atoms with Crippen molar-refractivity contribution >= 4 is 81.5 Å². The van der Waals surface area contributed by atoms with Gasteiger partial charge in [0.2, 0.25) is 17.7 Å². The molecule has 27 heteroatoms. The summed E-state index contributed by atoms with van der Waals surface area (Å²) < 4.78 is 30.2. The molecule has 9 amide bonds. The summed E-state index contributed by atoms with van der Waals surface area (Å²) in [5.74, 6) is -7.82. The van der Waals surface area contributed by atoms with Gasteiger partial charge in [0, 0.05) is 107 Å². The number of methoxy groups -OCH3 is 1. The smallest absolute Gasteiger partial charge is 0.410 e. The van der Waals surface area contributed by atoms with Crippen LogP contribution in [-0.2, 0) is 59.1 Å². The van der Waals surface area contributed by atoms with E-state index in [1.54, 1.807) is 63.3 Å². The topological polar surface area (TPSA) is 375 Å². The summed E-state index contributed by atoms with van der Waals surface area (Å²) in [6.45, 7) is 17.9. The second-order valence-electron chi connectivity index (χ2n) is 26.7.